The average Bonchev–Trinajstić information content (AvgIpc) is 3.59. The Balaban J connectivity index is 1.34. The Bertz CT molecular complexity index is 1720. The molecule has 8 rings (SSSR count). The van der Waals surface area contributed by atoms with E-state index < -0.39 is 57.6 Å². The number of nitrogens with zero attached hydrogens (tertiary/aromatic N) is 5. The van der Waals surface area contributed by atoms with Gasteiger partial charge < -0.3 is 25.4 Å². The molecule has 3 N–H and O–H groups in total. The summed E-state index contributed by atoms with van der Waals surface area (Å²) < 4.78 is 103. The van der Waals surface area contributed by atoms with Crippen LogP contribution in [0.15, 0.2) is 6.07 Å². The number of rotatable bonds is 4. The van der Waals surface area contributed by atoms with Gasteiger partial charge in [0.05, 0.1) is 33.8 Å². The smallest absolute Gasteiger partial charge is 0.418 e. The molecule has 0 spiro atoms. The number of nitrogens with one attached hydrogen (secondary N) is 1. The number of aromatic nitrogens is 3. The monoisotopic (exact) mass is 635 g/mol. The number of hydrogen-bond donors (Lipinski definition) is 2. The molecule has 0 amide bonds. The first kappa shape index (κ1) is 28.9. The standard InChI is InChI=1S/C30H31F6N7O2/c1-13-7-18(37)39-24(21(13)30(34,35)36)19-22(32)25-20-26(23(19)33)44-11-17-16-4-3-15(38-16)10-43(17)27(20)41-28(40-25)45-12-29-5-2-6-42(29)9-14(31)8-29/h7,14-17,38H,2-6,8-12H2,1H3,(H2,37,39)/t14-,15-,16+,17-,29+/m1/s1. The fraction of sp³-hybridized carbons (Fsp3) is 0.567. The van der Waals surface area contributed by atoms with Gasteiger partial charge in [-0.3, -0.25) is 4.90 Å². The van der Waals surface area contributed by atoms with E-state index in [1.54, 1.807) is 0 Å². The maximum Gasteiger partial charge on any atom is 0.418 e. The van der Waals surface area contributed by atoms with E-state index in [1.165, 1.54) is 0 Å². The van der Waals surface area contributed by atoms with Crippen LogP contribution in [-0.2, 0) is 6.18 Å². The Morgan fingerprint density at radius 3 is 2.78 bits per heavy atom. The molecular formula is C30H31F6N7O2. The summed E-state index contributed by atoms with van der Waals surface area (Å²) >= 11 is 0. The van der Waals surface area contributed by atoms with Gasteiger partial charge in [0.15, 0.2) is 17.4 Å². The fourth-order valence-electron chi connectivity index (χ4n) is 8.24. The zero-order chi connectivity index (χ0) is 31.4. The third-order valence-electron chi connectivity index (χ3n) is 10.2. The first-order valence-corrected chi connectivity index (χ1v) is 15.2. The van der Waals surface area contributed by atoms with Gasteiger partial charge in [-0.05, 0) is 50.8 Å². The van der Waals surface area contributed by atoms with Crippen molar-refractivity contribution >= 4 is 22.5 Å². The maximum atomic E-state index is 16.7. The molecule has 3 aromatic rings. The predicted molar refractivity (Wildman–Crippen MR) is 152 cm³/mol. The van der Waals surface area contributed by atoms with E-state index >= 15 is 8.78 Å². The van der Waals surface area contributed by atoms with Gasteiger partial charge in [-0.2, -0.15) is 23.1 Å². The van der Waals surface area contributed by atoms with E-state index in [0.29, 0.717) is 19.5 Å². The largest absolute Gasteiger partial charge is 0.487 e. The number of pyridine rings is 1. The zero-order valence-corrected chi connectivity index (χ0v) is 24.4. The molecule has 7 heterocycles. The van der Waals surface area contributed by atoms with Crippen molar-refractivity contribution in [1.82, 2.24) is 25.2 Å². The third-order valence-corrected chi connectivity index (χ3v) is 10.2. The molecule has 5 atom stereocenters. The lowest BCUT2D eigenvalue weighted by molar-refractivity contribution is -0.137. The minimum Gasteiger partial charge on any atom is -0.487 e. The fourth-order valence-corrected chi connectivity index (χ4v) is 8.24. The van der Waals surface area contributed by atoms with Crippen molar-refractivity contribution in [2.75, 3.05) is 43.5 Å². The Morgan fingerprint density at radius 2 is 1.98 bits per heavy atom. The highest BCUT2D eigenvalue weighted by Gasteiger charge is 2.50. The summed E-state index contributed by atoms with van der Waals surface area (Å²) in [5.74, 6) is -3.33. The van der Waals surface area contributed by atoms with E-state index in [4.69, 9.17) is 15.2 Å². The molecule has 0 aliphatic carbocycles. The van der Waals surface area contributed by atoms with Crippen LogP contribution in [0, 0.1) is 18.6 Å². The van der Waals surface area contributed by atoms with Crippen LogP contribution in [0.3, 0.4) is 0 Å². The Hall–Kier alpha value is -3.59. The van der Waals surface area contributed by atoms with Gasteiger partial charge in [0.2, 0.25) is 0 Å². The normalized spacial score (nSPS) is 29.1. The van der Waals surface area contributed by atoms with Crippen LogP contribution in [-0.4, -0.2) is 82.5 Å². The van der Waals surface area contributed by atoms with E-state index in [9.17, 15) is 17.6 Å². The molecule has 2 bridgehead atoms. The number of anilines is 2. The van der Waals surface area contributed by atoms with Crippen LogP contribution in [0.1, 0.15) is 43.2 Å². The molecule has 9 nitrogen and oxygen atoms in total. The summed E-state index contributed by atoms with van der Waals surface area (Å²) in [4.78, 5) is 16.7. The Labute approximate surface area is 254 Å². The second-order valence-electron chi connectivity index (χ2n) is 12.9. The molecular weight excluding hydrogens is 604 g/mol. The second-order valence-corrected chi connectivity index (χ2v) is 12.9. The molecule has 4 fully saturated rings. The highest BCUT2D eigenvalue weighted by atomic mass is 19.4. The number of halogens is 6. The number of nitrogens with two attached hydrogens (primary N) is 1. The van der Waals surface area contributed by atoms with Crippen molar-refractivity contribution in [3.8, 4) is 23.0 Å². The van der Waals surface area contributed by atoms with E-state index in [1.807, 2.05) is 9.80 Å². The molecule has 4 saturated heterocycles. The topological polar surface area (TPSA) is 102 Å². The molecule has 15 heteroatoms. The summed E-state index contributed by atoms with van der Waals surface area (Å²) in [7, 11) is 0. The van der Waals surface area contributed by atoms with E-state index in [2.05, 4.69) is 20.3 Å². The number of alkyl halides is 4. The van der Waals surface area contributed by atoms with Gasteiger partial charge in [-0.25, -0.2) is 18.2 Å². The van der Waals surface area contributed by atoms with Crippen LogP contribution >= 0.6 is 0 Å². The molecule has 0 radical (unpaired) electrons. The van der Waals surface area contributed by atoms with Crippen LogP contribution in [0.25, 0.3) is 22.2 Å². The number of benzene rings is 1. The molecule has 0 unspecified atom stereocenters. The van der Waals surface area contributed by atoms with Crippen LogP contribution in [0.5, 0.6) is 11.8 Å². The van der Waals surface area contributed by atoms with Crippen molar-refractivity contribution in [3.05, 3.63) is 28.8 Å². The second kappa shape index (κ2) is 9.95. The van der Waals surface area contributed by atoms with Crippen molar-refractivity contribution < 1.29 is 35.8 Å². The van der Waals surface area contributed by atoms with Gasteiger partial charge in [0.25, 0.3) is 0 Å². The quantitative estimate of drug-likeness (QED) is 0.401. The average molecular weight is 636 g/mol. The van der Waals surface area contributed by atoms with Crippen LogP contribution in [0.4, 0.5) is 38.0 Å². The third kappa shape index (κ3) is 4.40. The minimum atomic E-state index is -5.00. The van der Waals surface area contributed by atoms with Crippen molar-refractivity contribution in [2.24, 2.45) is 0 Å². The van der Waals surface area contributed by atoms with E-state index in [-0.39, 0.29) is 66.4 Å². The van der Waals surface area contributed by atoms with Crippen molar-refractivity contribution in [2.45, 2.75) is 75.0 Å². The summed E-state index contributed by atoms with van der Waals surface area (Å²) in [6.07, 6.45) is -2.42. The first-order chi connectivity index (χ1) is 21.4. The molecule has 2 aromatic heterocycles. The number of hydrogen-bond acceptors (Lipinski definition) is 9. The maximum absolute atomic E-state index is 16.7. The molecule has 45 heavy (non-hydrogen) atoms. The molecule has 240 valence electrons. The van der Waals surface area contributed by atoms with Crippen LogP contribution < -0.4 is 25.4 Å². The van der Waals surface area contributed by atoms with Gasteiger partial charge in [-0.1, -0.05) is 0 Å². The summed E-state index contributed by atoms with van der Waals surface area (Å²) in [5, 5.41) is 3.43. The molecule has 1 aromatic carbocycles. The lowest BCUT2D eigenvalue weighted by Crippen LogP contribution is -2.60. The van der Waals surface area contributed by atoms with Gasteiger partial charge in [-0.15, -0.1) is 0 Å². The number of ether oxygens (including phenoxy) is 2. The van der Waals surface area contributed by atoms with Gasteiger partial charge >= 0.3 is 12.2 Å². The van der Waals surface area contributed by atoms with Crippen molar-refractivity contribution in [3.63, 3.8) is 0 Å². The lowest BCUT2D eigenvalue weighted by Gasteiger charge is -2.40. The Morgan fingerprint density at radius 1 is 1.16 bits per heavy atom. The first-order valence-electron chi connectivity index (χ1n) is 15.2. The molecule has 0 saturated carbocycles. The van der Waals surface area contributed by atoms with Gasteiger partial charge in [0.1, 0.15) is 36.5 Å². The minimum absolute atomic E-state index is 0.0270. The molecule has 5 aliphatic heterocycles. The number of piperazine rings is 1. The van der Waals surface area contributed by atoms with Crippen LogP contribution in [0.2, 0.25) is 0 Å². The van der Waals surface area contributed by atoms with E-state index in [0.717, 1.165) is 38.8 Å². The lowest BCUT2D eigenvalue weighted by atomic mass is 9.95. The number of aryl methyl sites for hydroxylation is 1. The molecule has 5 aliphatic rings. The predicted octanol–water partition coefficient (Wildman–Crippen LogP) is 4.54. The summed E-state index contributed by atoms with van der Waals surface area (Å²) in [5.41, 5.74) is 1.07. The summed E-state index contributed by atoms with van der Waals surface area (Å²) in [6, 6.07) is 0.523. The highest BCUT2D eigenvalue weighted by molar-refractivity contribution is 5.99. The van der Waals surface area contributed by atoms with Gasteiger partial charge in [0, 0.05) is 31.6 Å². The van der Waals surface area contributed by atoms with Crippen molar-refractivity contribution in [1.29, 1.82) is 0 Å². The highest BCUT2D eigenvalue weighted by Crippen LogP contribution is 2.49. The summed E-state index contributed by atoms with van der Waals surface area (Å²) in [6.45, 7) is 2.66. The Kier molecular flexibility index (Phi) is 6.38. The number of nitrogen functional groups attached to an aromatic ring is 1. The zero-order valence-electron chi connectivity index (χ0n) is 24.4. The number of fused-ring (bicyclic) bond motifs is 6. The SMILES string of the molecule is Cc1cc(N)nc(-c2c(F)c3c4c(nc(OC[C@@]56CCCN5C[C@H](F)C6)nc4c2F)N2C[C@H]4CC[C@H](N4)[C@H]2CO3)c1C(F)(F)F.